The maximum absolute atomic E-state index is 11.8. The molecule has 1 saturated heterocycles. The van der Waals surface area contributed by atoms with Crippen molar-refractivity contribution >= 4 is 26.0 Å². The smallest absolute Gasteiger partial charge is 0.223 e. The molecule has 1 aliphatic rings. The fraction of sp³-hybridized carbons (Fsp3) is 0.900. The van der Waals surface area contributed by atoms with Gasteiger partial charge in [-0.15, -0.1) is 0 Å². The summed E-state index contributed by atoms with van der Waals surface area (Å²) in [5, 5.41) is 2.64. The molecule has 118 valence electrons. The zero-order valence-electron chi connectivity index (χ0n) is 11.6. The van der Waals surface area contributed by atoms with Gasteiger partial charge in [-0.1, -0.05) is 0 Å². The molecule has 0 bridgehead atoms. The Labute approximate surface area is 120 Å². The van der Waals surface area contributed by atoms with Gasteiger partial charge in [0.15, 0.2) is 0 Å². The van der Waals surface area contributed by atoms with Crippen molar-refractivity contribution < 1.29 is 21.6 Å². The van der Waals surface area contributed by atoms with Gasteiger partial charge in [0.1, 0.15) is 0 Å². The van der Waals surface area contributed by atoms with Crippen molar-refractivity contribution in [1.82, 2.24) is 14.3 Å². The van der Waals surface area contributed by atoms with Gasteiger partial charge in [-0.3, -0.25) is 4.79 Å². The summed E-state index contributed by atoms with van der Waals surface area (Å²) in [6.07, 6.45) is 3.18. The quantitative estimate of drug-likeness (QED) is 0.566. The van der Waals surface area contributed by atoms with E-state index in [4.69, 9.17) is 0 Å². The first kappa shape index (κ1) is 17.3. The molecule has 8 nitrogen and oxygen atoms in total. The second-order valence-corrected chi connectivity index (χ2v) is 8.71. The molecule has 1 rings (SSSR count). The highest BCUT2D eigenvalue weighted by molar-refractivity contribution is 7.88. The topological polar surface area (TPSA) is 113 Å². The molecule has 1 aliphatic heterocycles. The molecule has 0 saturated carbocycles. The number of sulfonamides is 2. The van der Waals surface area contributed by atoms with E-state index in [2.05, 4.69) is 10.0 Å². The molecule has 10 heteroatoms. The van der Waals surface area contributed by atoms with E-state index in [-0.39, 0.29) is 24.9 Å². The Morgan fingerprint density at radius 2 is 1.65 bits per heavy atom. The lowest BCUT2D eigenvalue weighted by molar-refractivity contribution is -0.126. The largest absolute Gasteiger partial charge is 0.355 e. The van der Waals surface area contributed by atoms with Crippen LogP contribution in [0, 0.1) is 5.92 Å². The van der Waals surface area contributed by atoms with Crippen LogP contribution in [0.15, 0.2) is 0 Å². The molecule has 0 aromatic heterocycles. The second kappa shape index (κ2) is 6.83. The summed E-state index contributed by atoms with van der Waals surface area (Å²) in [6, 6.07) is 0. The third-order valence-corrected chi connectivity index (χ3v) is 5.11. The first-order chi connectivity index (χ1) is 9.09. The summed E-state index contributed by atoms with van der Waals surface area (Å²) < 4.78 is 47.9. The number of rotatable bonds is 6. The van der Waals surface area contributed by atoms with Crippen molar-refractivity contribution in [2.24, 2.45) is 5.92 Å². The molecule has 1 fully saturated rings. The summed E-state index contributed by atoms with van der Waals surface area (Å²) in [4.78, 5) is 11.8. The van der Waals surface area contributed by atoms with Gasteiger partial charge in [-0.2, -0.15) is 0 Å². The minimum Gasteiger partial charge on any atom is -0.355 e. The molecule has 20 heavy (non-hydrogen) atoms. The lowest BCUT2D eigenvalue weighted by Gasteiger charge is -2.29. The predicted octanol–water partition coefficient (Wildman–Crippen LogP) is -1.68. The lowest BCUT2D eigenvalue weighted by Crippen LogP contribution is -2.43. The van der Waals surface area contributed by atoms with Crippen LogP contribution in [0.2, 0.25) is 0 Å². The number of nitrogens with zero attached hydrogens (tertiary/aromatic N) is 1. The van der Waals surface area contributed by atoms with Crippen LogP contribution >= 0.6 is 0 Å². The van der Waals surface area contributed by atoms with Crippen molar-refractivity contribution in [3.8, 4) is 0 Å². The van der Waals surface area contributed by atoms with Crippen molar-refractivity contribution in [3.05, 3.63) is 0 Å². The van der Waals surface area contributed by atoms with Gasteiger partial charge in [-0.25, -0.2) is 25.9 Å². The molecule has 0 aromatic rings. The van der Waals surface area contributed by atoms with Crippen LogP contribution in [-0.4, -0.2) is 65.7 Å². The van der Waals surface area contributed by atoms with Crippen molar-refractivity contribution in [2.75, 3.05) is 38.7 Å². The molecule has 0 aliphatic carbocycles. The second-order valence-electron chi connectivity index (χ2n) is 4.89. The van der Waals surface area contributed by atoms with E-state index >= 15 is 0 Å². The van der Waals surface area contributed by atoms with Crippen molar-refractivity contribution in [2.45, 2.75) is 12.8 Å². The summed E-state index contributed by atoms with van der Waals surface area (Å²) in [6.45, 7) is 1.06. The molecular weight excluding hydrogens is 306 g/mol. The van der Waals surface area contributed by atoms with E-state index in [1.165, 1.54) is 4.31 Å². The van der Waals surface area contributed by atoms with Crippen LogP contribution in [0.4, 0.5) is 0 Å². The summed E-state index contributed by atoms with van der Waals surface area (Å²) in [5.41, 5.74) is 0. The van der Waals surface area contributed by atoms with E-state index < -0.39 is 20.0 Å². The number of nitrogens with one attached hydrogen (secondary N) is 2. The van der Waals surface area contributed by atoms with Crippen LogP contribution in [0.25, 0.3) is 0 Å². The van der Waals surface area contributed by atoms with Gasteiger partial charge in [0, 0.05) is 32.1 Å². The van der Waals surface area contributed by atoms with Crippen LogP contribution in [0.1, 0.15) is 12.8 Å². The Morgan fingerprint density at radius 3 is 2.10 bits per heavy atom. The number of hydrogen-bond donors (Lipinski definition) is 2. The van der Waals surface area contributed by atoms with Gasteiger partial charge in [-0.05, 0) is 12.8 Å². The Kier molecular flexibility index (Phi) is 5.92. The van der Waals surface area contributed by atoms with Crippen LogP contribution in [0.3, 0.4) is 0 Å². The zero-order valence-corrected chi connectivity index (χ0v) is 13.3. The minimum absolute atomic E-state index is 0.146. The fourth-order valence-corrected chi connectivity index (χ4v) is 3.36. The normalized spacial score (nSPS) is 18.9. The van der Waals surface area contributed by atoms with E-state index in [0.29, 0.717) is 25.9 Å². The van der Waals surface area contributed by atoms with E-state index in [0.717, 1.165) is 12.5 Å². The van der Waals surface area contributed by atoms with E-state index in [1.54, 1.807) is 0 Å². The summed E-state index contributed by atoms with van der Waals surface area (Å²) in [5.74, 6) is -0.375. The zero-order chi connectivity index (χ0) is 15.4. The molecule has 0 unspecified atom stereocenters. The highest BCUT2D eigenvalue weighted by Gasteiger charge is 2.28. The van der Waals surface area contributed by atoms with Gasteiger partial charge in [0.05, 0.1) is 12.5 Å². The molecule has 2 N–H and O–H groups in total. The first-order valence-corrected chi connectivity index (χ1v) is 10.0. The Bertz CT molecular complexity index is 535. The maximum atomic E-state index is 11.8. The van der Waals surface area contributed by atoms with Gasteiger partial charge in [0.2, 0.25) is 26.0 Å². The third kappa shape index (κ3) is 6.16. The number of carbonyl (C=O) groups excluding carboxylic acids is 1. The van der Waals surface area contributed by atoms with Gasteiger partial charge in [0.25, 0.3) is 0 Å². The van der Waals surface area contributed by atoms with Crippen molar-refractivity contribution in [3.63, 3.8) is 0 Å². The van der Waals surface area contributed by atoms with E-state index in [9.17, 15) is 21.6 Å². The van der Waals surface area contributed by atoms with Gasteiger partial charge < -0.3 is 5.32 Å². The fourth-order valence-electron chi connectivity index (χ4n) is 2.02. The van der Waals surface area contributed by atoms with Crippen LogP contribution in [0.5, 0.6) is 0 Å². The molecule has 1 amide bonds. The van der Waals surface area contributed by atoms with Gasteiger partial charge >= 0.3 is 0 Å². The molecule has 0 spiro atoms. The summed E-state index contributed by atoms with van der Waals surface area (Å²) in [7, 11) is -6.43. The van der Waals surface area contributed by atoms with Crippen LogP contribution in [-0.2, 0) is 24.8 Å². The highest BCUT2D eigenvalue weighted by Crippen LogP contribution is 2.18. The number of hydrogen-bond acceptors (Lipinski definition) is 5. The Morgan fingerprint density at radius 1 is 1.10 bits per heavy atom. The third-order valence-electron chi connectivity index (χ3n) is 3.08. The maximum Gasteiger partial charge on any atom is 0.223 e. The Balaban J connectivity index is 2.30. The summed E-state index contributed by atoms with van der Waals surface area (Å²) >= 11 is 0. The number of amides is 1. The molecule has 0 radical (unpaired) electrons. The van der Waals surface area contributed by atoms with E-state index in [1.807, 2.05) is 0 Å². The average molecular weight is 327 g/mol. The molecule has 0 atom stereocenters. The minimum atomic E-state index is -3.25. The molecular formula is C10H21N3O5S2. The lowest BCUT2D eigenvalue weighted by atomic mass is 9.97. The molecule has 0 aromatic carbocycles. The first-order valence-electron chi connectivity index (χ1n) is 6.27. The van der Waals surface area contributed by atoms with Crippen LogP contribution < -0.4 is 10.0 Å². The van der Waals surface area contributed by atoms with Crippen molar-refractivity contribution in [1.29, 1.82) is 0 Å². The number of piperidine rings is 1. The Hall–Kier alpha value is -0.710. The SMILES string of the molecule is CS(=O)(=O)NCCNC(=O)C1CCN(S(C)(=O)=O)CC1. The highest BCUT2D eigenvalue weighted by atomic mass is 32.2. The predicted molar refractivity (Wildman–Crippen MR) is 75.0 cm³/mol. The standard InChI is InChI=1S/C10H21N3O5S2/c1-19(15,16)12-6-5-11-10(14)9-3-7-13(8-4-9)20(2,17)18/h9,12H,3-8H2,1-2H3,(H,11,14). The number of carbonyl (C=O) groups is 1. The average Bonchev–Trinajstić information content (AvgIpc) is 2.32. The molecule has 1 heterocycles. The monoisotopic (exact) mass is 327 g/mol.